The molecule has 0 saturated heterocycles. The van der Waals surface area contributed by atoms with Crippen molar-refractivity contribution in [3.63, 3.8) is 0 Å². The smallest absolute Gasteiger partial charge is 0.269 e. The molecule has 1 aliphatic rings. The lowest BCUT2D eigenvalue weighted by molar-refractivity contribution is -0.137. The van der Waals surface area contributed by atoms with E-state index in [2.05, 4.69) is 17.2 Å². The van der Waals surface area contributed by atoms with Gasteiger partial charge < -0.3 is 20.8 Å². The van der Waals surface area contributed by atoms with Crippen LogP contribution >= 0.6 is 11.9 Å². The average molecular weight is 422 g/mol. The van der Waals surface area contributed by atoms with Crippen LogP contribution in [-0.2, 0) is 9.59 Å². The molecular weight excluding hydrogens is 394 g/mol. The molecule has 1 heterocycles. The van der Waals surface area contributed by atoms with Crippen molar-refractivity contribution in [2.75, 3.05) is 25.4 Å². The van der Waals surface area contributed by atoms with E-state index in [1.165, 1.54) is 16.3 Å². The Labute approximate surface area is 174 Å². The van der Waals surface area contributed by atoms with Crippen LogP contribution in [0.5, 0.6) is 0 Å². The second-order valence-electron chi connectivity index (χ2n) is 7.37. The Morgan fingerprint density at radius 3 is 2.48 bits per heavy atom. The summed E-state index contributed by atoms with van der Waals surface area (Å²) in [5.74, 6) is -0.510. The summed E-state index contributed by atoms with van der Waals surface area (Å²) in [7, 11) is 0. The molecule has 0 saturated carbocycles. The van der Waals surface area contributed by atoms with Crippen LogP contribution in [0, 0.1) is 5.41 Å². The molecule has 4 N–H and O–H groups in total. The third-order valence-corrected chi connectivity index (χ3v) is 5.62. The number of rotatable bonds is 10. The third-order valence-electron chi connectivity index (χ3n) is 4.59. The predicted octanol–water partition coefficient (Wildman–Crippen LogP) is 0.763. The maximum Gasteiger partial charge on any atom is 0.269 e. The molecule has 3 amide bonds. The van der Waals surface area contributed by atoms with Crippen molar-refractivity contribution in [2.24, 2.45) is 5.41 Å². The summed E-state index contributed by atoms with van der Waals surface area (Å²) in [6.07, 6.45) is -1.30. The number of amides is 3. The van der Waals surface area contributed by atoms with E-state index in [9.17, 15) is 24.6 Å². The molecule has 158 valence electrons. The minimum absolute atomic E-state index is 0.0590. The van der Waals surface area contributed by atoms with Crippen LogP contribution < -0.4 is 10.6 Å². The van der Waals surface area contributed by atoms with E-state index in [4.69, 9.17) is 0 Å². The van der Waals surface area contributed by atoms with Crippen LogP contribution in [0.4, 0.5) is 0 Å². The fraction of sp³-hybridized carbons (Fsp3) is 0.450. The number of aliphatic hydroxyl groups excluding tert-OH is 2. The molecule has 1 unspecified atom stereocenters. The molecule has 1 aromatic carbocycles. The maximum absolute atomic E-state index is 12.4. The molecule has 1 aliphatic heterocycles. The van der Waals surface area contributed by atoms with Gasteiger partial charge in [-0.25, -0.2) is 4.31 Å². The fourth-order valence-electron chi connectivity index (χ4n) is 2.65. The van der Waals surface area contributed by atoms with Gasteiger partial charge in [-0.3, -0.25) is 14.4 Å². The van der Waals surface area contributed by atoms with Crippen LogP contribution in [0.1, 0.15) is 36.2 Å². The Bertz CT molecular complexity index is 761. The lowest BCUT2D eigenvalue weighted by Gasteiger charge is -2.27. The highest BCUT2D eigenvalue weighted by Gasteiger charge is 2.33. The van der Waals surface area contributed by atoms with Gasteiger partial charge in [0.1, 0.15) is 6.10 Å². The standard InChI is InChI=1S/C20H27N3O5S/c1-13-14-6-4-5-7-15(14)19(28)23(13)29-11-10-21-16(25)8-9-22-18(27)17(26)20(2,3)12-24/h4-7,17,24,26H,1,8-12H2,2-3H3,(H,21,25)(H,22,27). The zero-order valence-electron chi connectivity index (χ0n) is 16.6. The van der Waals surface area contributed by atoms with E-state index in [0.717, 1.165) is 5.56 Å². The van der Waals surface area contributed by atoms with Crippen molar-refractivity contribution in [3.05, 3.63) is 42.0 Å². The van der Waals surface area contributed by atoms with Crippen molar-refractivity contribution >= 4 is 35.4 Å². The van der Waals surface area contributed by atoms with Crippen molar-refractivity contribution < 1.29 is 24.6 Å². The quantitative estimate of drug-likeness (QED) is 0.327. The van der Waals surface area contributed by atoms with Gasteiger partial charge in [-0.2, -0.15) is 0 Å². The zero-order valence-corrected chi connectivity index (χ0v) is 17.4. The number of nitrogens with one attached hydrogen (secondary N) is 2. The first kappa shape index (κ1) is 22.9. The molecule has 0 aromatic heterocycles. The number of carbonyl (C=O) groups excluding carboxylic acids is 3. The Balaban J connectivity index is 1.65. The molecule has 0 spiro atoms. The van der Waals surface area contributed by atoms with E-state index in [0.29, 0.717) is 23.6 Å². The Morgan fingerprint density at radius 1 is 1.21 bits per heavy atom. The summed E-state index contributed by atoms with van der Waals surface area (Å²) in [6.45, 7) is 7.19. The monoisotopic (exact) mass is 421 g/mol. The molecule has 9 heteroatoms. The predicted molar refractivity (Wildman–Crippen MR) is 112 cm³/mol. The molecule has 0 aliphatic carbocycles. The summed E-state index contributed by atoms with van der Waals surface area (Å²) >= 11 is 1.28. The van der Waals surface area contributed by atoms with E-state index in [1.54, 1.807) is 26.0 Å². The van der Waals surface area contributed by atoms with E-state index in [-0.39, 0.29) is 31.4 Å². The first-order valence-electron chi connectivity index (χ1n) is 9.28. The highest BCUT2D eigenvalue weighted by molar-refractivity contribution is 7.97. The normalized spacial score (nSPS) is 14.6. The average Bonchev–Trinajstić information content (AvgIpc) is 2.95. The summed E-state index contributed by atoms with van der Waals surface area (Å²) < 4.78 is 1.53. The molecule has 8 nitrogen and oxygen atoms in total. The first-order valence-corrected chi connectivity index (χ1v) is 10.2. The van der Waals surface area contributed by atoms with Gasteiger partial charge in [0.25, 0.3) is 5.91 Å². The Kier molecular flexibility index (Phi) is 7.83. The van der Waals surface area contributed by atoms with Crippen LogP contribution in [0.2, 0.25) is 0 Å². The number of nitrogens with zero attached hydrogens (tertiary/aromatic N) is 1. The highest BCUT2D eigenvalue weighted by Crippen LogP contribution is 2.35. The van der Waals surface area contributed by atoms with Crippen LogP contribution in [-0.4, -0.2) is 63.8 Å². The van der Waals surface area contributed by atoms with Crippen molar-refractivity contribution in [3.8, 4) is 0 Å². The Morgan fingerprint density at radius 2 is 1.86 bits per heavy atom. The highest BCUT2D eigenvalue weighted by atomic mass is 32.2. The Hall–Kier alpha value is -2.36. The summed E-state index contributed by atoms with van der Waals surface area (Å²) in [5.41, 5.74) is 1.11. The number of benzene rings is 1. The van der Waals surface area contributed by atoms with Gasteiger partial charge in [0, 0.05) is 36.2 Å². The number of hydrogen-bond acceptors (Lipinski definition) is 6. The molecule has 29 heavy (non-hydrogen) atoms. The number of aliphatic hydroxyl groups is 2. The SMILES string of the molecule is C=C1c2ccccc2C(=O)N1SCCNC(=O)CCNC(=O)C(O)C(C)(C)CO. The maximum atomic E-state index is 12.4. The van der Waals surface area contributed by atoms with Gasteiger partial charge in [-0.05, 0) is 18.0 Å². The second kappa shape index (κ2) is 9.91. The minimum atomic E-state index is -1.36. The van der Waals surface area contributed by atoms with Gasteiger partial charge in [0.2, 0.25) is 11.8 Å². The third kappa shape index (κ3) is 5.59. The van der Waals surface area contributed by atoms with Crippen molar-refractivity contribution in [1.29, 1.82) is 0 Å². The molecule has 0 bridgehead atoms. The summed E-state index contributed by atoms with van der Waals surface area (Å²) in [5, 5.41) is 24.3. The topological polar surface area (TPSA) is 119 Å². The molecule has 1 atom stereocenters. The molecular formula is C20H27N3O5S. The lowest BCUT2D eigenvalue weighted by atomic mass is 9.87. The summed E-state index contributed by atoms with van der Waals surface area (Å²) in [4.78, 5) is 36.1. The van der Waals surface area contributed by atoms with Crippen molar-refractivity contribution in [2.45, 2.75) is 26.4 Å². The van der Waals surface area contributed by atoms with Gasteiger partial charge in [0.05, 0.1) is 17.9 Å². The van der Waals surface area contributed by atoms with E-state index >= 15 is 0 Å². The second-order valence-corrected chi connectivity index (χ2v) is 8.40. The fourth-order valence-corrected chi connectivity index (χ4v) is 3.50. The van der Waals surface area contributed by atoms with E-state index in [1.807, 2.05) is 12.1 Å². The first-order chi connectivity index (χ1) is 13.7. The zero-order chi connectivity index (χ0) is 21.6. The van der Waals surface area contributed by atoms with Gasteiger partial charge in [0.15, 0.2) is 0 Å². The van der Waals surface area contributed by atoms with E-state index < -0.39 is 17.4 Å². The molecule has 1 aromatic rings. The van der Waals surface area contributed by atoms with Crippen molar-refractivity contribution in [1.82, 2.24) is 14.9 Å². The molecule has 2 rings (SSSR count). The molecule has 0 radical (unpaired) electrons. The number of carbonyl (C=O) groups is 3. The molecule has 0 fully saturated rings. The largest absolute Gasteiger partial charge is 0.396 e. The lowest BCUT2D eigenvalue weighted by Crippen LogP contribution is -2.46. The minimum Gasteiger partial charge on any atom is -0.396 e. The van der Waals surface area contributed by atoms with Gasteiger partial charge in [-0.15, -0.1) is 0 Å². The van der Waals surface area contributed by atoms with Crippen LogP contribution in [0.15, 0.2) is 30.8 Å². The van der Waals surface area contributed by atoms with Crippen LogP contribution in [0.25, 0.3) is 5.70 Å². The number of hydrogen-bond donors (Lipinski definition) is 4. The number of fused-ring (bicyclic) bond motifs is 1. The van der Waals surface area contributed by atoms with Crippen LogP contribution in [0.3, 0.4) is 0 Å². The van der Waals surface area contributed by atoms with Gasteiger partial charge in [-0.1, -0.05) is 38.6 Å². The summed E-state index contributed by atoms with van der Waals surface area (Å²) in [6, 6.07) is 7.28. The van der Waals surface area contributed by atoms with Gasteiger partial charge >= 0.3 is 0 Å².